The monoisotopic (exact) mass is 292 g/mol. The first-order valence-corrected chi connectivity index (χ1v) is 7.08. The topological polar surface area (TPSA) is 78.4 Å². The van der Waals surface area contributed by atoms with Crippen molar-refractivity contribution >= 4 is 17.7 Å². The number of nitrogens with one attached hydrogen (secondary N) is 2. The molecule has 0 saturated heterocycles. The van der Waals surface area contributed by atoms with E-state index in [0.29, 0.717) is 6.54 Å². The molecule has 0 bridgehead atoms. The fourth-order valence-electron chi connectivity index (χ4n) is 2.85. The molecule has 0 unspecified atom stereocenters. The number of halogens is 1. The van der Waals surface area contributed by atoms with Gasteiger partial charge in [0.15, 0.2) is 0 Å². The molecule has 3 N–H and O–H groups in total. The Balaban J connectivity index is 1.62. The predicted octanol–water partition coefficient (Wildman–Crippen LogP) is 2.84. The molecule has 0 atom stereocenters. The van der Waals surface area contributed by atoms with E-state index in [4.69, 9.17) is 5.11 Å². The molecule has 0 aliphatic heterocycles. The fraction of sp³-hybridized carbons (Fsp3) is 0.467. The molecule has 0 aromatic heterocycles. The van der Waals surface area contributed by atoms with E-state index in [9.17, 15) is 14.0 Å². The van der Waals surface area contributed by atoms with Gasteiger partial charge in [0, 0.05) is 6.54 Å². The summed E-state index contributed by atoms with van der Waals surface area (Å²) in [4.78, 5) is 22.9. The van der Waals surface area contributed by atoms with Gasteiger partial charge in [0.2, 0.25) is 0 Å². The second-order valence-electron chi connectivity index (χ2n) is 5.91. The third-order valence-electron chi connectivity index (χ3n) is 4.41. The zero-order chi connectivity index (χ0) is 15.0. The maximum Gasteiger partial charge on any atom is 0.340 e. The molecule has 0 radical (unpaired) electrons. The van der Waals surface area contributed by atoms with Crippen molar-refractivity contribution in [3.05, 3.63) is 29.6 Å². The number of rotatable bonds is 5. The van der Waals surface area contributed by atoms with Crippen molar-refractivity contribution < 1.29 is 19.1 Å². The van der Waals surface area contributed by atoms with Gasteiger partial charge in [0.1, 0.15) is 11.4 Å². The highest BCUT2D eigenvalue weighted by atomic mass is 19.1. The van der Waals surface area contributed by atoms with Crippen molar-refractivity contribution in [3.63, 3.8) is 0 Å². The summed E-state index contributed by atoms with van der Waals surface area (Å²) < 4.78 is 13.5. The van der Waals surface area contributed by atoms with E-state index in [1.165, 1.54) is 25.0 Å². The first kappa shape index (κ1) is 13.9. The molecule has 0 heterocycles. The lowest BCUT2D eigenvalue weighted by atomic mass is 10.0. The smallest absolute Gasteiger partial charge is 0.340 e. The van der Waals surface area contributed by atoms with Crippen molar-refractivity contribution in [2.75, 3.05) is 11.9 Å². The Morgan fingerprint density at radius 1 is 1.33 bits per heavy atom. The number of hydrogen-bond donors (Lipinski definition) is 3. The highest BCUT2D eigenvalue weighted by molar-refractivity contribution is 6.00. The van der Waals surface area contributed by atoms with Crippen molar-refractivity contribution in [2.45, 2.75) is 25.7 Å². The number of carboxylic acids is 1. The quantitative estimate of drug-likeness (QED) is 0.781. The molecule has 2 aliphatic carbocycles. The maximum absolute atomic E-state index is 13.5. The maximum atomic E-state index is 13.5. The van der Waals surface area contributed by atoms with Gasteiger partial charge in [-0.15, -0.1) is 0 Å². The number of hydrogen-bond acceptors (Lipinski definition) is 2. The average molecular weight is 292 g/mol. The molecule has 1 aromatic carbocycles. The van der Waals surface area contributed by atoms with Crippen LogP contribution in [-0.2, 0) is 0 Å². The molecule has 2 amide bonds. The van der Waals surface area contributed by atoms with Crippen molar-refractivity contribution in [1.82, 2.24) is 5.32 Å². The van der Waals surface area contributed by atoms with Gasteiger partial charge in [0.25, 0.3) is 0 Å². The van der Waals surface area contributed by atoms with E-state index < -0.39 is 23.4 Å². The van der Waals surface area contributed by atoms with Crippen LogP contribution in [0.2, 0.25) is 0 Å². The Labute approximate surface area is 121 Å². The Bertz CT molecular complexity index is 595. The molecule has 3 rings (SSSR count). The van der Waals surface area contributed by atoms with Crippen LogP contribution in [-0.4, -0.2) is 23.7 Å². The van der Waals surface area contributed by atoms with E-state index in [1.807, 2.05) is 0 Å². The average Bonchev–Trinajstić information content (AvgIpc) is 3.28. The molecular formula is C15H17FN2O3. The van der Waals surface area contributed by atoms with Gasteiger partial charge in [-0.1, -0.05) is 6.07 Å². The molecule has 2 saturated carbocycles. The van der Waals surface area contributed by atoms with Crippen molar-refractivity contribution in [2.24, 2.45) is 11.3 Å². The lowest BCUT2D eigenvalue weighted by Gasteiger charge is -2.16. The fourth-order valence-corrected chi connectivity index (χ4v) is 2.85. The van der Waals surface area contributed by atoms with Crippen molar-refractivity contribution in [1.29, 1.82) is 0 Å². The number of carbonyl (C=O) groups excluding carboxylic acids is 1. The lowest BCUT2D eigenvalue weighted by molar-refractivity contribution is 0.0693. The van der Waals surface area contributed by atoms with Crippen LogP contribution in [0.3, 0.4) is 0 Å². The Hall–Kier alpha value is -2.11. The van der Waals surface area contributed by atoms with Gasteiger partial charge in [-0.3, -0.25) is 0 Å². The zero-order valence-corrected chi connectivity index (χ0v) is 11.5. The zero-order valence-electron chi connectivity index (χ0n) is 11.5. The number of aromatic carboxylic acids is 1. The van der Waals surface area contributed by atoms with Gasteiger partial charge >= 0.3 is 12.0 Å². The third kappa shape index (κ3) is 2.84. The van der Waals surface area contributed by atoms with Crippen LogP contribution in [0.1, 0.15) is 36.0 Å². The minimum absolute atomic E-state index is 0.0312. The summed E-state index contributed by atoms with van der Waals surface area (Å²) in [7, 11) is 0. The molecular weight excluding hydrogens is 275 g/mol. The summed E-state index contributed by atoms with van der Waals surface area (Å²) >= 11 is 0. The first-order chi connectivity index (χ1) is 10.0. The third-order valence-corrected chi connectivity index (χ3v) is 4.41. The van der Waals surface area contributed by atoms with Gasteiger partial charge in [-0.25, -0.2) is 14.0 Å². The van der Waals surface area contributed by atoms with Crippen molar-refractivity contribution in [3.8, 4) is 0 Å². The van der Waals surface area contributed by atoms with E-state index in [1.54, 1.807) is 0 Å². The van der Waals surface area contributed by atoms with Gasteiger partial charge in [0.05, 0.1) is 5.69 Å². The molecule has 1 aromatic rings. The van der Waals surface area contributed by atoms with Crippen LogP contribution in [0.5, 0.6) is 0 Å². The molecule has 6 heteroatoms. The van der Waals surface area contributed by atoms with Crippen LogP contribution in [0.4, 0.5) is 14.9 Å². The normalized spacial score (nSPS) is 18.9. The Morgan fingerprint density at radius 2 is 2.05 bits per heavy atom. The minimum atomic E-state index is -1.40. The molecule has 112 valence electrons. The highest BCUT2D eigenvalue weighted by Gasteiger charge is 2.53. The second-order valence-corrected chi connectivity index (χ2v) is 5.91. The highest BCUT2D eigenvalue weighted by Crippen LogP contribution is 2.60. The van der Waals surface area contributed by atoms with Crippen LogP contribution in [0.15, 0.2) is 18.2 Å². The standard InChI is InChI=1S/C15H17FN2O3/c16-10-2-1-3-11(12(10)13(19)20)18-14(21)17-8-15(6-7-15)9-4-5-9/h1-3,9H,4-8H2,(H,19,20)(H2,17,18,21). The largest absolute Gasteiger partial charge is 0.478 e. The lowest BCUT2D eigenvalue weighted by Crippen LogP contribution is -2.35. The summed E-state index contributed by atoms with van der Waals surface area (Å²) in [6, 6.07) is 3.30. The number of urea groups is 1. The summed E-state index contributed by atoms with van der Waals surface area (Å²) in [6.07, 6.45) is 4.74. The van der Waals surface area contributed by atoms with Gasteiger partial charge < -0.3 is 15.7 Å². The number of carbonyl (C=O) groups is 2. The second kappa shape index (κ2) is 5.02. The first-order valence-electron chi connectivity index (χ1n) is 7.08. The number of carboxylic acid groups (broad SMARTS) is 1. The SMILES string of the molecule is O=C(NCC1(C2CC2)CC1)Nc1cccc(F)c1C(=O)O. The van der Waals surface area contributed by atoms with E-state index in [-0.39, 0.29) is 11.1 Å². The predicted molar refractivity (Wildman–Crippen MR) is 74.8 cm³/mol. The Kier molecular flexibility index (Phi) is 3.31. The van der Waals surface area contributed by atoms with Crippen LogP contribution in [0.25, 0.3) is 0 Å². The minimum Gasteiger partial charge on any atom is -0.478 e. The van der Waals surface area contributed by atoms with E-state index in [0.717, 1.165) is 24.8 Å². The number of benzene rings is 1. The molecule has 21 heavy (non-hydrogen) atoms. The van der Waals surface area contributed by atoms with E-state index in [2.05, 4.69) is 10.6 Å². The van der Waals surface area contributed by atoms with Crippen LogP contribution >= 0.6 is 0 Å². The molecule has 0 spiro atoms. The number of anilines is 1. The summed E-state index contributed by atoms with van der Waals surface area (Å²) in [6.45, 7) is 0.598. The Morgan fingerprint density at radius 3 is 2.62 bits per heavy atom. The van der Waals surface area contributed by atoms with Gasteiger partial charge in [-0.05, 0) is 49.1 Å². The van der Waals surface area contributed by atoms with Gasteiger partial charge in [-0.2, -0.15) is 0 Å². The summed E-state index contributed by atoms with van der Waals surface area (Å²) in [5.74, 6) is -1.54. The molecule has 2 fully saturated rings. The van der Waals surface area contributed by atoms with Crippen LogP contribution < -0.4 is 10.6 Å². The summed E-state index contributed by atoms with van der Waals surface area (Å²) in [5.41, 5.74) is -0.290. The molecule has 5 nitrogen and oxygen atoms in total. The number of amides is 2. The molecule has 2 aliphatic rings. The summed E-state index contributed by atoms with van der Waals surface area (Å²) in [5, 5.41) is 14.2. The van der Waals surface area contributed by atoms with Crippen LogP contribution in [0, 0.1) is 17.2 Å². The van der Waals surface area contributed by atoms with E-state index >= 15 is 0 Å².